The number of hydrogen-bond acceptors (Lipinski definition) is 6. The largest absolute Gasteiger partial charge is 0.407 e. The highest BCUT2D eigenvalue weighted by Gasteiger charge is 2.43. The molecule has 3 atom stereocenters. The zero-order valence-electron chi connectivity index (χ0n) is 20.4. The Bertz CT molecular complexity index is 1260. The molecular formula is C25H28F3N3O5S. The standard InChI is InChI=1S/C25H28F3N3O5S/c1-14(2)12-19(23(33)30-20-13-21(32)31-24(20)34)29-22(25(26,27)28)17-6-4-15(5-7-17)16-8-10-18(11-9-16)37(3,35)36/h4-11,14,19-20,22,29H,12-13H2,1-3H3,(H,30,33)(H,31,32,34)/t19-,20-,22-/m0/s1. The molecule has 3 rings (SSSR count). The predicted molar refractivity (Wildman–Crippen MR) is 130 cm³/mol. The van der Waals surface area contributed by atoms with Crippen LogP contribution in [-0.4, -0.2) is 50.7 Å². The quantitative estimate of drug-likeness (QED) is 0.422. The Hall–Kier alpha value is -3.25. The Kier molecular flexibility index (Phi) is 8.43. The van der Waals surface area contributed by atoms with Crippen LogP contribution in [0.15, 0.2) is 53.4 Å². The summed E-state index contributed by atoms with van der Waals surface area (Å²) in [5.41, 5.74) is 1.08. The Balaban J connectivity index is 1.83. The van der Waals surface area contributed by atoms with Crippen LogP contribution >= 0.6 is 0 Å². The molecule has 1 saturated heterocycles. The number of benzene rings is 2. The first-order valence-electron chi connectivity index (χ1n) is 11.5. The summed E-state index contributed by atoms with van der Waals surface area (Å²) in [6.45, 7) is 3.50. The first kappa shape index (κ1) is 28.3. The summed E-state index contributed by atoms with van der Waals surface area (Å²) >= 11 is 0. The molecule has 37 heavy (non-hydrogen) atoms. The third kappa shape index (κ3) is 7.39. The number of carbonyl (C=O) groups excluding carboxylic acids is 3. The summed E-state index contributed by atoms with van der Waals surface area (Å²) in [5, 5.41) is 6.83. The number of amides is 3. The highest BCUT2D eigenvalue weighted by atomic mass is 32.2. The summed E-state index contributed by atoms with van der Waals surface area (Å²) in [6.07, 6.45) is -3.87. The van der Waals surface area contributed by atoms with Gasteiger partial charge in [-0.25, -0.2) is 8.42 Å². The number of carbonyl (C=O) groups is 3. The fraction of sp³-hybridized carbons (Fsp3) is 0.400. The van der Waals surface area contributed by atoms with Gasteiger partial charge in [-0.1, -0.05) is 50.2 Å². The topological polar surface area (TPSA) is 121 Å². The van der Waals surface area contributed by atoms with Gasteiger partial charge in [0.25, 0.3) is 0 Å². The van der Waals surface area contributed by atoms with E-state index < -0.39 is 51.9 Å². The zero-order chi connectivity index (χ0) is 27.5. The molecule has 0 aliphatic carbocycles. The van der Waals surface area contributed by atoms with Crippen LogP contribution in [0.1, 0.15) is 38.3 Å². The van der Waals surface area contributed by atoms with Gasteiger partial charge < -0.3 is 5.32 Å². The van der Waals surface area contributed by atoms with E-state index in [4.69, 9.17) is 0 Å². The van der Waals surface area contributed by atoms with E-state index in [9.17, 15) is 36.0 Å². The van der Waals surface area contributed by atoms with Crippen LogP contribution in [0.3, 0.4) is 0 Å². The minimum Gasteiger partial charge on any atom is -0.342 e. The average molecular weight is 540 g/mol. The minimum atomic E-state index is -4.74. The van der Waals surface area contributed by atoms with E-state index in [-0.39, 0.29) is 29.2 Å². The SMILES string of the molecule is CC(C)C[C@H](N[C@@H](c1ccc(-c2ccc(S(C)(=O)=O)cc2)cc1)C(F)(F)F)C(=O)N[C@H]1CC(=O)NC1=O. The molecule has 12 heteroatoms. The molecule has 3 amide bonds. The number of alkyl halides is 3. The van der Waals surface area contributed by atoms with Crippen LogP contribution < -0.4 is 16.0 Å². The van der Waals surface area contributed by atoms with E-state index in [0.717, 1.165) is 6.26 Å². The van der Waals surface area contributed by atoms with Crippen molar-refractivity contribution in [1.82, 2.24) is 16.0 Å². The maximum atomic E-state index is 14.1. The van der Waals surface area contributed by atoms with Crippen LogP contribution in [0, 0.1) is 5.92 Å². The molecule has 8 nitrogen and oxygen atoms in total. The van der Waals surface area contributed by atoms with E-state index >= 15 is 0 Å². The summed E-state index contributed by atoms with van der Waals surface area (Å²) in [6, 6.07) is 6.94. The number of sulfone groups is 1. The van der Waals surface area contributed by atoms with E-state index in [0.29, 0.717) is 11.1 Å². The normalized spacial score (nSPS) is 18.0. The van der Waals surface area contributed by atoms with Crippen molar-refractivity contribution < 1.29 is 36.0 Å². The molecule has 0 aromatic heterocycles. The highest BCUT2D eigenvalue weighted by Crippen LogP contribution is 2.35. The van der Waals surface area contributed by atoms with Crippen LogP contribution in [0.25, 0.3) is 11.1 Å². The molecule has 0 saturated carbocycles. The van der Waals surface area contributed by atoms with Crippen LogP contribution in [0.4, 0.5) is 13.2 Å². The molecule has 2 aromatic carbocycles. The summed E-state index contributed by atoms with van der Waals surface area (Å²) < 4.78 is 65.6. The average Bonchev–Trinajstić information content (AvgIpc) is 3.11. The molecule has 1 heterocycles. The molecule has 1 aliphatic heterocycles. The smallest absolute Gasteiger partial charge is 0.342 e. The molecule has 1 aliphatic rings. The van der Waals surface area contributed by atoms with Gasteiger partial charge in [0.2, 0.25) is 17.7 Å². The van der Waals surface area contributed by atoms with Crippen molar-refractivity contribution in [2.24, 2.45) is 5.92 Å². The predicted octanol–water partition coefficient (Wildman–Crippen LogP) is 2.90. The molecule has 0 spiro atoms. The van der Waals surface area contributed by atoms with E-state index in [1.165, 1.54) is 36.4 Å². The monoisotopic (exact) mass is 539 g/mol. The second-order valence-electron chi connectivity index (χ2n) is 9.42. The molecule has 1 fully saturated rings. The van der Waals surface area contributed by atoms with Gasteiger partial charge in [0.1, 0.15) is 12.1 Å². The Morgan fingerprint density at radius 3 is 2.00 bits per heavy atom. The lowest BCUT2D eigenvalue weighted by Gasteiger charge is -2.29. The van der Waals surface area contributed by atoms with Gasteiger partial charge in [-0.2, -0.15) is 13.2 Å². The summed E-state index contributed by atoms with van der Waals surface area (Å²) in [7, 11) is -3.38. The van der Waals surface area contributed by atoms with E-state index in [1.807, 2.05) is 5.32 Å². The molecular weight excluding hydrogens is 511 g/mol. The van der Waals surface area contributed by atoms with Gasteiger partial charge in [-0.3, -0.25) is 25.0 Å². The molecule has 200 valence electrons. The highest BCUT2D eigenvalue weighted by molar-refractivity contribution is 7.90. The molecule has 2 aromatic rings. The van der Waals surface area contributed by atoms with Crippen molar-refractivity contribution in [2.45, 2.75) is 55.9 Å². The number of nitrogens with one attached hydrogen (secondary N) is 3. The number of rotatable bonds is 9. The maximum absolute atomic E-state index is 14.1. The second kappa shape index (κ2) is 11.0. The Morgan fingerprint density at radius 1 is 1.03 bits per heavy atom. The van der Waals surface area contributed by atoms with Gasteiger partial charge in [0, 0.05) is 6.26 Å². The van der Waals surface area contributed by atoms with Crippen molar-refractivity contribution in [3.63, 3.8) is 0 Å². The molecule has 0 radical (unpaired) electrons. The van der Waals surface area contributed by atoms with E-state index in [1.54, 1.807) is 26.0 Å². The van der Waals surface area contributed by atoms with Gasteiger partial charge in [0.05, 0.1) is 17.4 Å². The second-order valence-corrected chi connectivity index (χ2v) is 11.4. The molecule has 0 unspecified atom stereocenters. The maximum Gasteiger partial charge on any atom is 0.407 e. The van der Waals surface area contributed by atoms with Crippen molar-refractivity contribution in [3.05, 3.63) is 54.1 Å². The third-order valence-corrected chi connectivity index (χ3v) is 6.99. The zero-order valence-corrected chi connectivity index (χ0v) is 21.2. The van der Waals surface area contributed by atoms with Crippen molar-refractivity contribution in [3.8, 4) is 11.1 Å². The van der Waals surface area contributed by atoms with E-state index in [2.05, 4.69) is 10.6 Å². The van der Waals surface area contributed by atoms with Crippen molar-refractivity contribution in [2.75, 3.05) is 6.26 Å². The van der Waals surface area contributed by atoms with Crippen LogP contribution in [-0.2, 0) is 24.2 Å². The lowest BCUT2D eigenvalue weighted by atomic mass is 9.97. The van der Waals surface area contributed by atoms with Gasteiger partial charge in [0.15, 0.2) is 9.84 Å². The van der Waals surface area contributed by atoms with Crippen LogP contribution in [0.2, 0.25) is 0 Å². The van der Waals surface area contributed by atoms with Crippen molar-refractivity contribution >= 4 is 27.6 Å². The van der Waals surface area contributed by atoms with Crippen LogP contribution in [0.5, 0.6) is 0 Å². The number of halogens is 3. The lowest BCUT2D eigenvalue weighted by Crippen LogP contribution is -2.52. The summed E-state index contributed by atoms with van der Waals surface area (Å²) in [4.78, 5) is 36.2. The number of hydrogen-bond donors (Lipinski definition) is 3. The van der Waals surface area contributed by atoms with Gasteiger partial charge >= 0.3 is 6.18 Å². The summed E-state index contributed by atoms with van der Waals surface area (Å²) in [5.74, 6) is -2.22. The molecule has 3 N–H and O–H groups in total. The van der Waals surface area contributed by atoms with Crippen molar-refractivity contribution in [1.29, 1.82) is 0 Å². The van der Waals surface area contributed by atoms with Gasteiger partial charge in [-0.15, -0.1) is 0 Å². The fourth-order valence-electron chi connectivity index (χ4n) is 4.01. The number of imide groups is 1. The fourth-order valence-corrected chi connectivity index (χ4v) is 4.64. The minimum absolute atomic E-state index is 0.0610. The Labute approximate surface area is 212 Å². The van der Waals surface area contributed by atoms with Gasteiger partial charge in [-0.05, 0) is 41.2 Å². The lowest BCUT2D eigenvalue weighted by molar-refractivity contribution is -0.161. The molecule has 0 bridgehead atoms. The Morgan fingerprint density at radius 2 is 1.57 bits per heavy atom. The third-order valence-electron chi connectivity index (χ3n) is 5.86. The first-order chi connectivity index (χ1) is 17.1. The first-order valence-corrected chi connectivity index (χ1v) is 13.4.